The molecule has 2 aromatic rings. The maximum Gasteiger partial charge on any atom is 0.241 e. The largest absolute Gasteiger partial charge is 0.241 e. The maximum atomic E-state index is 12.3. The molecular weight excluding hydrogens is 294 g/mol. The first-order valence-corrected chi connectivity index (χ1v) is 8.24. The van der Waals surface area contributed by atoms with E-state index in [0.29, 0.717) is 0 Å². The van der Waals surface area contributed by atoms with Gasteiger partial charge in [0, 0.05) is 5.88 Å². The first-order valence-electron chi connectivity index (χ1n) is 6.23. The lowest BCUT2D eigenvalue weighted by Crippen LogP contribution is -2.29. The smallest absolute Gasteiger partial charge is 0.207 e. The van der Waals surface area contributed by atoms with Crippen LogP contribution in [0.25, 0.3) is 0 Å². The number of nitrogens with one attached hydrogen (secondary N) is 1. The fourth-order valence-corrected chi connectivity index (χ4v) is 3.42. The summed E-state index contributed by atoms with van der Waals surface area (Å²) in [4.78, 5) is 0.245. The van der Waals surface area contributed by atoms with E-state index in [9.17, 15) is 8.42 Å². The Bertz CT molecular complexity index is 654. The lowest BCUT2D eigenvalue weighted by atomic mass is 10.1. The topological polar surface area (TPSA) is 46.2 Å². The third-order valence-corrected chi connectivity index (χ3v) is 4.78. The number of alkyl halides is 1. The van der Waals surface area contributed by atoms with Crippen molar-refractivity contribution >= 4 is 21.6 Å². The number of hydrogen-bond donors (Lipinski definition) is 1. The van der Waals surface area contributed by atoms with Crippen molar-refractivity contribution in [1.29, 1.82) is 0 Å². The van der Waals surface area contributed by atoms with Crippen LogP contribution in [0.2, 0.25) is 0 Å². The predicted octanol–water partition coefficient (Wildman–Crippen LogP) is 3.25. The number of sulfonamides is 1. The molecule has 0 aromatic heterocycles. The van der Waals surface area contributed by atoms with E-state index < -0.39 is 16.1 Å². The lowest BCUT2D eigenvalue weighted by Gasteiger charge is -2.16. The Labute approximate surface area is 124 Å². The average Bonchev–Trinajstić information content (AvgIpc) is 2.46. The fourth-order valence-electron chi connectivity index (χ4n) is 1.85. The third kappa shape index (κ3) is 3.60. The zero-order chi connectivity index (χ0) is 14.6. The van der Waals surface area contributed by atoms with Crippen LogP contribution < -0.4 is 4.72 Å². The molecule has 1 N–H and O–H groups in total. The molecule has 0 amide bonds. The zero-order valence-electron chi connectivity index (χ0n) is 11.1. The fraction of sp³-hybridized carbons (Fsp3) is 0.200. The van der Waals surface area contributed by atoms with Gasteiger partial charge in [0.1, 0.15) is 0 Å². The summed E-state index contributed by atoms with van der Waals surface area (Å²) in [6, 6.07) is 15.6. The van der Waals surface area contributed by atoms with Crippen LogP contribution in [-0.4, -0.2) is 14.3 Å². The van der Waals surface area contributed by atoms with E-state index in [1.807, 2.05) is 37.3 Å². The Balaban J connectivity index is 2.24. The quantitative estimate of drug-likeness (QED) is 0.862. The molecule has 106 valence electrons. The third-order valence-electron chi connectivity index (χ3n) is 2.98. The van der Waals surface area contributed by atoms with Crippen molar-refractivity contribution in [2.45, 2.75) is 17.9 Å². The van der Waals surface area contributed by atoms with Crippen molar-refractivity contribution in [2.24, 2.45) is 0 Å². The molecule has 5 heteroatoms. The first-order chi connectivity index (χ1) is 9.53. The molecule has 0 heterocycles. The van der Waals surface area contributed by atoms with E-state index in [1.165, 1.54) is 0 Å². The Kier molecular flexibility index (Phi) is 4.81. The van der Waals surface area contributed by atoms with Gasteiger partial charge in [-0.2, -0.15) is 0 Å². The number of benzene rings is 2. The van der Waals surface area contributed by atoms with Gasteiger partial charge in [0.15, 0.2) is 0 Å². The second-order valence-corrected chi connectivity index (χ2v) is 6.57. The molecule has 2 aromatic carbocycles. The van der Waals surface area contributed by atoms with Crippen LogP contribution in [0.4, 0.5) is 0 Å². The minimum absolute atomic E-state index is 0.176. The van der Waals surface area contributed by atoms with E-state index in [1.54, 1.807) is 24.3 Å². The van der Waals surface area contributed by atoms with Crippen LogP contribution >= 0.6 is 11.6 Å². The maximum absolute atomic E-state index is 12.3. The van der Waals surface area contributed by atoms with Crippen LogP contribution in [0, 0.1) is 6.92 Å². The molecule has 0 aliphatic carbocycles. The molecule has 0 aliphatic rings. The normalized spacial score (nSPS) is 13.1. The highest BCUT2D eigenvalue weighted by Gasteiger charge is 2.20. The first kappa shape index (κ1) is 15.0. The molecule has 20 heavy (non-hydrogen) atoms. The van der Waals surface area contributed by atoms with Gasteiger partial charge in [-0.15, -0.1) is 11.6 Å². The molecule has 3 nitrogen and oxygen atoms in total. The molecule has 0 bridgehead atoms. The van der Waals surface area contributed by atoms with Gasteiger partial charge in [-0.25, -0.2) is 13.1 Å². The summed E-state index contributed by atoms with van der Waals surface area (Å²) in [5, 5.41) is 0. The lowest BCUT2D eigenvalue weighted by molar-refractivity contribution is 0.568. The van der Waals surface area contributed by atoms with Crippen LogP contribution in [0.5, 0.6) is 0 Å². The number of rotatable bonds is 5. The summed E-state index contributed by atoms with van der Waals surface area (Å²) in [5.74, 6) is 0.176. The van der Waals surface area contributed by atoms with Gasteiger partial charge in [-0.05, 0) is 24.6 Å². The number of hydrogen-bond acceptors (Lipinski definition) is 2. The summed E-state index contributed by atoms with van der Waals surface area (Å²) in [7, 11) is -3.57. The van der Waals surface area contributed by atoms with Crippen molar-refractivity contribution in [3.63, 3.8) is 0 Å². The van der Waals surface area contributed by atoms with Crippen LogP contribution in [0.15, 0.2) is 59.5 Å². The van der Waals surface area contributed by atoms with E-state index in [4.69, 9.17) is 11.6 Å². The van der Waals surface area contributed by atoms with Gasteiger partial charge in [-0.3, -0.25) is 0 Å². The van der Waals surface area contributed by atoms with Gasteiger partial charge in [0.25, 0.3) is 0 Å². The second-order valence-electron chi connectivity index (χ2n) is 4.55. The molecule has 0 radical (unpaired) electrons. The summed E-state index contributed by atoms with van der Waals surface area (Å²) < 4.78 is 27.3. The molecule has 0 saturated heterocycles. The van der Waals surface area contributed by atoms with Gasteiger partial charge >= 0.3 is 0 Å². The van der Waals surface area contributed by atoms with Gasteiger partial charge in [0.05, 0.1) is 10.9 Å². The Hall–Kier alpha value is -1.36. The predicted molar refractivity (Wildman–Crippen MR) is 81.4 cm³/mol. The van der Waals surface area contributed by atoms with Gasteiger partial charge in [-0.1, -0.05) is 48.0 Å². The van der Waals surface area contributed by atoms with Crippen molar-refractivity contribution in [3.05, 3.63) is 65.7 Å². The summed E-state index contributed by atoms with van der Waals surface area (Å²) >= 11 is 5.89. The van der Waals surface area contributed by atoms with Crippen LogP contribution in [-0.2, 0) is 10.0 Å². The highest BCUT2D eigenvalue weighted by atomic mass is 35.5. The molecular formula is C15H16ClNO2S. The monoisotopic (exact) mass is 309 g/mol. The van der Waals surface area contributed by atoms with Crippen LogP contribution in [0.3, 0.4) is 0 Å². The van der Waals surface area contributed by atoms with Crippen molar-refractivity contribution in [3.8, 4) is 0 Å². The Morgan fingerprint density at radius 3 is 2.20 bits per heavy atom. The Morgan fingerprint density at radius 1 is 1.05 bits per heavy atom. The van der Waals surface area contributed by atoms with E-state index >= 15 is 0 Å². The van der Waals surface area contributed by atoms with Crippen LogP contribution in [0.1, 0.15) is 17.2 Å². The molecule has 0 aliphatic heterocycles. The highest BCUT2D eigenvalue weighted by Crippen LogP contribution is 2.18. The average molecular weight is 310 g/mol. The standard InChI is InChI=1S/C15H16ClNO2S/c1-12-7-9-14(10-8-12)20(18,19)17-15(11-16)13-5-3-2-4-6-13/h2-10,15,17H,11H2,1H3/t15-/m0/s1. The van der Waals surface area contributed by atoms with E-state index in [0.717, 1.165) is 11.1 Å². The van der Waals surface area contributed by atoms with E-state index in [2.05, 4.69) is 4.72 Å². The number of aryl methyl sites for hydroxylation is 1. The molecule has 2 rings (SSSR count). The summed E-state index contributed by atoms with van der Waals surface area (Å²) in [5.41, 5.74) is 1.86. The van der Waals surface area contributed by atoms with Gasteiger partial charge in [0.2, 0.25) is 10.0 Å². The Morgan fingerprint density at radius 2 is 1.65 bits per heavy atom. The second kappa shape index (κ2) is 6.39. The minimum Gasteiger partial charge on any atom is -0.207 e. The molecule has 0 saturated carbocycles. The summed E-state index contributed by atoms with van der Waals surface area (Å²) in [6.45, 7) is 1.91. The van der Waals surface area contributed by atoms with E-state index in [-0.39, 0.29) is 10.8 Å². The molecule has 1 atom stereocenters. The van der Waals surface area contributed by atoms with Crippen molar-refractivity contribution in [2.75, 3.05) is 5.88 Å². The SMILES string of the molecule is Cc1ccc(S(=O)(=O)N[C@@H](CCl)c2ccccc2)cc1. The molecule has 0 unspecified atom stereocenters. The highest BCUT2D eigenvalue weighted by molar-refractivity contribution is 7.89. The minimum atomic E-state index is -3.57. The van der Waals surface area contributed by atoms with Crippen molar-refractivity contribution < 1.29 is 8.42 Å². The number of halogens is 1. The molecule has 0 spiro atoms. The summed E-state index contributed by atoms with van der Waals surface area (Å²) in [6.07, 6.45) is 0. The zero-order valence-corrected chi connectivity index (χ0v) is 12.7. The van der Waals surface area contributed by atoms with Crippen molar-refractivity contribution in [1.82, 2.24) is 4.72 Å². The molecule has 0 fully saturated rings. The van der Waals surface area contributed by atoms with Gasteiger partial charge < -0.3 is 0 Å².